The van der Waals surface area contributed by atoms with Crippen molar-refractivity contribution in [1.82, 2.24) is 4.98 Å². The molecule has 0 fully saturated rings. The Morgan fingerprint density at radius 2 is 2.21 bits per heavy atom. The first-order valence-electron chi connectivity index (χ1n) is 4.08. The second kappa shape index (κ2) is 3.38. The van der Waals surface area contributed by atoms with Crippen LogP contribution in [-0.2, 0) is 0 Å². The summed E-state index contributed by atoms with van der Waals surface area (Å²) in [6.45, 7) is 1.70. The van der Waals surface area contributed by atoms with Crippen molar-refractivity contribution in [1.29, 1.82) is 0 Å². The molecule has 0 atom stereocenters. The molecule has 72 valence electrons. The van der Waals surface area contributed by atoms with Gasteiger partial charge in [-0.25, -0.2) is 9.37 Å². The minimum Gasteiger partial charge on any atom is -0.493 e. The van der Waals surface area contributed by atoms with Gasteiger partial charge in [0.1, 0.15) is 10.8 Å². The summed E-state index contributed by atoms with van der Waals surface area (Å²) < 4.78 is 13.0. The Morgan fingerprint density at radius 3 is 2.79 bits per heavy atom. The van der Waals surface area contributed by atoms with E-state index in [0.29, 0.717) is 10.6 Å². The Kier molecular flexibility index (Phi) is 2.21. The van der Waals surface area contributed by atoms with Gasteiger partial charge in [0.25, 0.3) is 0 Å². The largest absolute Gasteiger partial charge is 0.493 e. The summed E-state index contributed by atoms with van der Waals surface area (Å²) in [6.07, 6.45) is 0. The van der Waals surface area contributed by atoms with E-state index >= 15 is 0 Å². The molecule has 0 radical (unpaired) electrons. The number of aromatic nitrogens is 1. The smallest absolute Gasteiger partial charge is 0.222 e. The van der Waals surface area contributed by atoms with Crippen LogP contribution in [0.3, 0.4) is 0 Å². The van der Waals surface area contributed by atoms with Crippen molar-refractivity contribution in [2.75, 3.05) is 0 Å². The fourth-order valence-electron chi connectivity index (χ4n) is 1.18. The van der Waals surface area contributed by atoms with E-state index in [2.05, 4.69) is 4.98 Å². The van der Waals surface area contributed by atoms with Crippen LogP contribution in [0.25, 0.3) is 10.6 Å². The molecular weight excluding hydrogens is 201 g/mol. The van der Waals surface area contributed by atoms with Gasteiger partial charge in [-0.05, 0) is 30.7 Å². The third kappa shape index (κ3) is 1.61. The van der Waals surface area contributed by atoms with Crippen molar-refractivity contribution in [2.45, 2.75) is 6.92 Å². The van der Waals surface area contributed by atoms with Gasteiger partial charge in [0, 0.05) is 5.56 Å². The van der Waals surface area contributed by atoms with E-state index in [0.717, 1.165) is 5.56 Å². The molecule has 2 aromatic rings. The zero-order valence-electron chi connectivity index (χ0n) is 7.49. The van der Waals surface area contributed by atoms with Crippen LogP contribution in [-0.4, -0.2) is 10.1 Å². The van der Waals surface area contributed by atoms with E-state index in [4.69, 9.17) is 5.11 Å². The maximum absolute atomic E-state index is 13.0. The number of aromatic hydroxyl groups is 1. The number of aryl methyl sites for hydroxylation is 1. The van der Waals surface area contributed by atoms with Crippen LogP contribution < -0.4 is 0 Å². The zero-order chi connectivity index (χ0) is 10.1. The fourth-order valence-corrected chi connectivity index (χ4v) is 1.85. The molecule has 2 nitrogen and oxygen atoms in total. The van der Waals surface area contributed by atoms with Crippen LogP contribution in [0.2, 0.25) is 0 Å². The molecule has 1 heterocycles. The lowest BCUT2D eigenvalue weighted by atomic mass is 10.1. The maximum atomic E-state index is 13.0. The van der Waals surface area contributed by atoms with Crippen LogP contribution in [0.4, 0.5) is 4.39 Å². The summed E-state index contributed by atoms with van der Waals surface area (Å²) in [7, 11) is 0. The van der Waals surface area contributed by atoms with Crippen LogP contribution in [0, 0.1) is 12.7 Å². The van der Waals surface area contributed by atoms with Crippen LogP contribution in [0.5, 0.6) is 5.88 Å². The van der Waals surface area contributed by atoms with Crippen molar-refractivity contribution in [3.8, 4) is 16.5 Å². The minimum atomic E-state index is -0.227. The second-order valence-electron chi connectivity index (χ2n) is 2.97. The number of nitrogens with zero attached hydrogens (tertiary/aromatic N) is 1. The van der Waals surface area contributed by atoms with E-state index in [-0.39, 0.29) is 11.7 Å². The first kappa shape index (κ1) is 9.15. The quantitative estimate of drug-likeness (QED) is 0.783. The first-order chi connectivity index (χ1) is 6.66. The summed E-state index contributed by atoms with van der Waals surface area (Å²) in [4.78, 5) is 3.90. The monoisotopic (exact) mass is 209 g/mol. The van der Waals surface area contributed by atoms with Gasteiger partial charge in [-0.3, -0.25) is 0 Å². The molecule has 0 aliphatic carbocycles. The highest BCUT2D eigenvalue weighted by molar-refractivity contribution is 7.13. The summed E-state index contributed by atoms with van der Waals surface area (Å²) in [6, 6.07) is 4.78. The van der Waals surface area contributed by atoms with Crippen LogP contribution in [0.1, 0.15) is 5.56 Å². The minimum absolute atomic E-state index is 0.00646. The highest BCUT2D eigenvalue weighted by Crippen LogP contribution is 2.27. The molecule has 4 heteroatoms. The molecule has 1 aromatic carbocycles. The van der Waals surface area contributed by atoms with Gasteiger partial charge in [-0.2, -0.15) is 0 Å². The lowest BCUT2D eigenvalue weighted by Gasteiger charge is -1.99. The topological polar surface area (TPSA) is 33.1 Å². The van der Waals surface area contributed by atoms with Crippen LogP contribution >= 0.6 is 11.3 Å². The van der Waals surface area contributed by atoms with Gasteiger partial charge in [-0.15, -0.1) is 11.3 Å². The van der Waals surface area contributed by atoms with E-state index in [1.54, 1.807) is 24.4 Å². The predicted octanol–water partition coefficient (Wildman–Crippen LogP) is 2.96. The van der Waals surface area contributed by atoms with Gasteiger partial charge >= 0.3 is 0 Å². The third-order valence-electron chi connectivity index (χ3n) is 1.90. The molecular formula is C10H8FNOS. The molecule has 0 aliphatic rings. The van der Waals surface area contributed by atoms with E-state index < -0.39 is 0 Å². The SMILES string of the molecule is Cc1cc(-c2nc(O)cs2)ccc1F. The normalized spacial score (nSPS) is 10.4. The van der Waals surface area contributed by atoms with E-state index in [1.807, 2.05) is 0 Å². The fraction of sp³-hybridized carbons (Fsp3) is 0.100. The molecule has 2 rings (SSSR count). The number of benzene rings is 1. The molecule has 14 heavy (non-hydrogen) atoms. The zero-order valence-corrected chi connectivity index (χ0v) is 8.31. The van der Waals surface area contributed by atoms with Crippen molar-refractivity contribution < 1.29 is 9.50 Å². The van der Waals surface area contributed by atoms with Crippen molar-refractivity contribution in [3.05, 3.63) is 35.0 Å². The first-order valence-corrected chi connectivity index (χ1v) is 4.96. The highest BCUT2D eigenvalue weighted by Gasteiger charge is 2.05. The predicted molar refractivity (Wildman–Crippen MR) is 53.9 cm³/mol. The summed E-state index contributed by atoms with van der Waals surface area (Å²) in [5.41, 5.74) is 1.41. The van der Waals surface area contributed by atoms with Crippen molar-refractivity contribution in [3.63, 3.8) is 0 Å². The molecule has 1 aromatic heterocycles. The van der Waals surface area contributed by atoms with Crippen LogP contribution in [0.15, 0.2) is 23.6 Å². The molecule has 0 unspecified atom stereocenters. The molecule has 0 spiro atoms. The van der Waals surface area contributed by atoms with E-state index in [1.165, 1.54) is 17.4 Å². The molecule has 0 saturated heterocycles. The highest BCUT2D eigenvalue weighted by atomic mass is 32.1. The van der Waals surface area contributed by atoms with Crippen molar-refractivity contribution in [2.24, 2.45) is 0 Å². The van der Waals surface area contributed by atoms with Crippen molar-refractivity contribution >= 4 is 11.3 Å². The average molecular weight is 209 g/mol. The number of hydrogen-bond acceptors (Lipinski definition) is 3. The summed E-state index contributed by atoms with van der Waals surface area (Å²) >= 11 is 1.33. The maximum Gasteiger partial charge on any atom is 0.222 e. The average Bonchev–Trinajstić information content (AvgIpc) is 2.57. The third-order valence-corrected chi connectivity index (χ3v) is 2.78. The van der Waals surface area contributed by atoms with E-state index in [9.17, 15) is 4.39 Å². The summed E-state index contributed by atoms with van der Waals surface area (Å²) in [5.74, 6) is -0.221. The number of rotatable bonds is 1. The molecule has 0 amide bonds. The van der Waals surface area contributed by atoms with Gasteiger partial charge < -0.3 is 5.11 Å². The summed E-state index contributed by atoms with van der Waals surface area (Å²) in [5, 5.41) is 11.3. The molecule has 0 aliphatic heterocycles. The lowest BCUT2D eigenvalue weighted by Crippen LogP contribution is -1.83. The Hall–Kier alpha value is -1.42. The number of thiazole rings is 1. The molecule has 1 N–H and O–H groups in total. The molecule has 0 bridgehead atoms. The Bertz CT molecular complexity index is 467. The Morgan fingerprint density at radius 1 is 1.43 bits per heavy atom. The number of hydrogen-bond donors (Lipinski definition) is 1. The Labute approximate surface area is 84.7 Å². The standard InChI is InChI=1S/C10H8FNOS/c1-6-4-7(2-3-8(6)11)10-12-9(13)5-14-10/h2-5,13H,1H3. The lowest BCUT2D eigenvalue weighted by molar-refractivity contribution is 0.458. The number of halogens is 1. The van der Waals surface area contributed by atoms with Gasteiger partial charge in [0.15, 0.2) is 0 Å². The Balaban J connectivity index is 2.47. The molecule has 0 saturated carbocycles. The van der Waals surface area contributed by atoms with Gasteiger partial charge in [-0.1, -0.05) is 0 Å². The van der Waals surface area contributed by atoms with Gasteiger partial charge in [0.05, 0.1) is 5.38 Å². The second-order valence-corrected chi connectivity index (χ2v) is 3.83. The van der Waals surface area contributed by atoms with Gasteiger partial charge in [0.2, 0.25) is 5.88 Å².